The minimum Gasteiger partial charge on any atom is -0.497 e. The molecule has 0 aromatic heterocycles. The van der Waals surface area contributed by atoms with E-state index in [9.17, 15) is 0 Å². The van der Waals surface area contributed by atoms with Crippen LogP contribution in [0.15, 0.2) is 133 Å². The molecule has 0 aliphatic carbocycles. The highest BCUT2D eigenvalue weighted by Gasteiger charge is 2.44. The Hall–Kier alpha value is -4.33. The Bertz CT molecular complexity index is 1450. The van der Waals surface area contributed by atoms with Crippen molar-refractivity contribution in [1.29, 1.82) is 0 Å². The fourth-order valence-corrected chi connectivity index (χ4v) is 9.73. The van der Waals surface area contributed by atoms with E-state index in [1.165, 1.54) is 15.9 Å². The highest BCUT2D eigenvalue weighted by Crippen LogP contribution is 2.55. The lowest BCUT2D eigenvalue weighted by Crippen LogP contribution is -2.33. The smallest absolute Gasteiger partial charge is 0.123 e. The molecule has 4 heteroatoms. The zero-order chi connectivity index (χ0) is 29.0. The Morgan fingerprint density at radius 3 is 1.52 bits per heavy atom. The molecule has 0 aliphatic rings. The molecule has 0 bridgehead atoms. The van der Waals surface area contributed by atoms with Crippen molar-refractivity contribution in [3.8, 4) is 17.2 Å². The summed E-state index contributed by atoms with van der Waals surface area (Å²) in [7, 11) is 1.55. The van der Waals surface area contributed by atoms with Gasteiger partial charge in [0.1, 0.15) is 40.4 Å². The van der Waals surface area contributed by atoms with Crippen LogP contribution >= 0.6 is 7.26 Å². The van der Waals surface area contributed by atoms with Crippen LogP contribution in [-0.2, 0) is 0 Å². The summed E-state index contributed by atoms with van der Waals surface area (Å²) in [5.74, 6) is 2.45. The van der Waals surface area contributed by atoms with E-state index in [0.717, 1.165) is 47.4 Å². The Labute approximate surface area is 250 Å². The van der Waals surface area contributed by atoms with E-state index < -0.39 is 7.26 Å². The maximum atomic E-state index is 6.29. The van der Waals surface area contributed by atoms with Crippen LogP contribution < -0.4 is 30.1 Å². The lowest BCUT2D eigenvalue weighted by Gasteiger charge is -2.27. The van der Waals surface area contributed by atoms with Crippen molar-refractivity contribution in [2.75, 3.05) is 27.0 Å². The molecular formula is C38H38O3P+. The molecule has 0 saturated carbocycles. The van der Waals surface area contributed by atoms with Gasteiger partial charge in [-0.25, -0.2) is 0 Å². The van der Waals surface area contributed by atoms with E-state index in [0.29, 0.717) is 6.61 Å². The van der Waals surface area contributed by atoms with Gasteiger partial charge in [-0.3, -0.25) is 0 Å². The van der Waals surface area contributed by atoms with Crippen molar-refractivity contribution in [3.63, 3.8) is 0 Å². The van der Waals surface area contributed by atoms with E-state index in [1.807, 2.05) is 36.4 Å². The highest BCUT2D eigenvalue weighted by molar-refractivity contribution is 7.95. The third-order valence-corrected chi connectivity index (χ3v) is 12.0. The van der Waals surface area contributed by atoms with Gasteiger partial charge in [0.2, 0.25) is 0 Å². The molecule has 0 unspecified atom stereocenters. The lowest BCUT2D eigenvalue weighted by atomic mass is 10.1. The van der Waals surface area contributed by atoms with Crippen molar-refractivity contribution in [2.24, 2.45) is 0 Å². The fraction of sp³-hybridized carbons (Fsp3) is 0.158. The lowest BCUT2D eigenvalue weighted by molar-refractivity contribution is 0.307. The van der Waals surface area contributed by atoms with Crippen LogP contribution in [-0.4, -0.2) is 27.0 Å². The largest absolute Gasteiger partial charge is 0.497 e. The predicted molar refractivity (Wildman–Crippen MR) is 180 cm³/mol. The van der Waals surface area contributed by atoms with Crippen LogP contribution in [0.2, 0.25) is 0 Å². The van der Waals surface area contributed by atoms with Gasteiger partial charge >= 0.3 is 0 Å². The van der Waals surface area contributed by atoms with Crippen LogP contribution in [0, 0.1) is 0 Å². The van der Waals surface area contributed by atoms with Crippen molar-refractivity contribution in [3.05, 3.63) is 145 Å². The van der Waals surface area contributed by atoms with Crippen LogP contribution in [0.1, 0.15) is 24.0 Å². The van der Waals surface area contributed by atoms with Gasteiger partial charge in [0, 0.05) is 6.07 Å². The summed E-state index contributed by atoms with van der Waals surface area (Å²) < 4.78 is 17.1. The summed E-state index contributed by atoms with van der Waals surface area (Å²) in [5.41, 5.74) is 2.13. The van der Waals surface area contributed by atoms with Gasteiger partial charge in [-0.15, -0.1) is 0 Å². The zero-order valence-electron chi connectivity index (χ0n) is 24.4. The number of hydrogen-bond donors (Lipinski definition) is 0. The number of methoxy groups -OCH3 is 2. The third-order valence-electron chi connectivity index (χ3n) is 7.47. The Morgan fingerprint density at radius 1 is 0.500 bits per heavy atom. The van der Waals surface area contributed by atoms with Crippen LogP contribution in [0.5, 0.6) is 17.2 Å². The Kier molecular flexibility index (Phi) is 10.1. The van der Waals surface area contributed by atoms with Crippen LogP contribution in [0.4, 0.5) is 0 Å². The molecule has 0 radical (unpaired) electrons. The molecule has 0 spiro atoms. The molecule has 0 heterocycles. The minimum absolute atomic E-state index is 0.646. The van der Waals surface area contributed by atoms with Gasteiger partial charge in [-0.1, -0.05) is 78.9 Å². The fourth-order valence-electron chi connectivity index (χ4n) is 5.32. The molecule has 0 atom stereocenters. The van der Waals surface area contributed by atoms with Gasteiger partial charge in [0.25, 0.3) is 0 Å². The average Bonchev–Trinajstić information content (AvgIpc) is 3.07. The van der Waals surface area contributed by atoms with Gasteiger partial charge in [0.05, 0.1) is 27.0 Å². The van der Waals surface area contributed by atoms with Gasteiger partial charge in [0.15, 0.2) is 0 Å². The van der Waals surface area contributed by atoms with E-state index in [4.69, 9.17) is 14.2 Å². The normalized spacial score (nSPS) is 11.4. The van der Waals surface area contributed by atoms with E-state index in [-0.39, 0.29) is 0 Å². The molecule has 0 saturated heterocycles. The first-order valence-electron chi connectivity index (χ1n) is 14.4. The van der Waals surface area contributed by atoms with Crippen LogP contribution in [0.25, 0.3) is 12.2 Å². The number of ether oxygens (including phenoxy) is 3. The van der Waals surface area contributed by atoms with Gasteiger partial charge in [-0.2, -0.15) is 0 Å². The second-order valence-electron chi connectivity index (χ2n) is 10.1. The first-order chi connectivity index (χ1) is 20.7. The molecule has 5 rings (SSSR count). The standard InChI is InChI=1S/C38H38O3P/c1-39-33-24-22-31(23-25-33)20-21-32-28-34(40-2)30-35(29-32)41-26-12-13-27-42(36-14-6-3-7-15-36,37-16-8-4-9-17-37)38-18-10-5-11-19-38/h3-11,14-25,28-30H,12-13,26-27H2,1-2H3/q+1/b21-20+. The molecule has 5 aromatic carbocycles. The molecule has 212 valence electrons. The summed E-state index contributed by atoms with van der Waals surface area (Å²) in [5, 5.41) is 4.26. The number of unbranched alkanes of at least 4 members (excludes halogenated alkanes) is 1. The third kappa shape index (κ3) is 7.11. The topological polar surface area (TPSA) is 27.7 Å². The summed E-state index contributed by atoms with van der Waals surface area (Å²) in [6, 6.07) is 47.2. The molecular weight excluding hydrogens is 535 g/mol. The van der Waals surface area contributed by atoms with Crippen molar-refractivity contribution < 1.29 is 14.2 Å². The Morgan fingerprint density at radius 2 is 1.00 bits per heavy atom. The van der Waals surface area contributed by atoms with E-state index in [2.05, 4.69) is 109 Å². The SMILES string of the molecule is COc1ccc(/C=C/c2cc(OC)cc(OCCCC[P+](c3ccccc3)(c3ccccc3)c3ccccc3)c2)cc1. The molecule has 0 amide bonds. The summed E-state index contributed by atoms with van der Waals surface area (Å²) in [6.45, 7) is 0.646. The molecule has 0 aliphatic heterocycles. The molecule has 5 aromatic rings. The number of rotatable bonds is 13. The second-order valence-corrected chi connectivity index (χ2v) is 13.8. The molecule has 0 N–H and O–H groups in total. The molecule has 3 nitrogen and oxygen atoms in total. The molecule has 42 heavy (non-hydrogen) atoms. The predicted octanol–water partition coefficient (Wildman–Crippen LogP) is 8.03. The monoisotopic (exact) mass is 573 g/mol. The zero-order valence-corrected chi connectivity index (χ0v) is 25.3. The van der Waals surface area contributed by atoms with Gasteiger partial charge in [-0.05, 0) is 84.6 Å². The summed E-state index contributed by atoms with van der Waals surface area (Å²) in [6.07, 6.45) is 7.26. The summed E-state index contributed by atoms with van der Waals surface area (Å²) >= 11 is 0. The van der Waals surface area contributed by atoms with Gasteiger partial charge < -0.3 is 14.2 Å². The maximum absolute atomic E-state index is 6.29. The first kappa shape index (κ1) is 29.2. The number of benzene rings is 5. The highest BCUT2D eigenvalue weighted by atomic mass is 31.2. The molecule has 0 fully saturated rings. The number of hydrogen-bond acceptors (Lipinski definition) is 3. The van der Waals surface area contributed by atoms with Crippen molar-refractivity contribution in [1.82, 2.24) is 0 Å². The van der Waals surface area contributed by atoms with Crippen molar-refractivity contribution >= 4 is 35.3 Å². The average molecular weight is 574 g/mol. The summed E-state index contributed by atoms with van der Waals surface area (Å²) in [4.78, 5) is 0. The van der Waals surface area contributed by atoms with E-state index >= 15 is 0 Å². The maximum Gasteiger partial charge on any atom is 0.123 e. The Balaban J connectivity index is 1.30. The van der Waals surface area contributed by atoms with Crippen molar-refractivity contribution in [2.45, 2.75) is 12.8 Å². The second kappa shape index (κ2) is 14.5. The quantitative estimate of drug-likeness (QED) is 0.0811. The first-order valence-corrected chi connectivity index (χ1v) is 16.4. The minimum atomic E-state index is -1.82. The van der Waals surface area contributed by atoms with Crippen LogP contribution in [0.3, 0.4) is 0 Å². The van der Waals surface area contributed by atoms with E-state index in [1.54, 1.807) is 14.2 Å².